The largest absolute Gasteiger partial charge is 0.321 e. The highest BCUT2D eigenvalue weighted by Gasteiger charge is 2.10. The Labute approximate surface area is 131 Å². The molecule has 3 rings (SSSR count). The number of amides is 1. The van der Waals surface area contributed by atoms with Crippen LogP contribution in [0, 0.1) is 6.92 Å². The van der Waals surface area contributed by atoms with Crippen LogP contribution in [0.25, 0.3) is 5.65 Å². The van der Waals surface area contributed by atoms with E-state index in [1.807, 2.05) is 17.5 Å². The second-order valence-corrected chi connectivity index (χ2v) is 5.49. The number of anilines is 1. The Morgan fingerprint density at radius 1 is 1.24 bits per heavy atom. The van der Waals surface area contributed by atoms with Gasteiger partial charge in [-0.15, -0.1) is 0 Å². The van der Waals surface area contributed by atoms with Gasteiger partial charge in [-0.3, -0.25) is 4.79 Å². The predicted molar refractivity (Wildman–Crippen MR) is 84.3 cm³/mol. The molecular formula is C15H11Cl2N3O. The second kappa shape index (κ2) is 5.39. The molecule has 0 aliphatic carbocycles. The molecule has 0 bridgehead atoms. The van der Waals surface area contributed by atoms with Crippen molar-refractivity contribution in [2.45, 2.75) is 6.92 Å². The van der Waals surface area contributed by atoms with Crippen molar-refractivity contribution in [3.63, 3.8) is 0 Å². The van der Waals surface area contributed by atoms with Crippen LogP contribution < -0.4 is 5.32 Å². The summed E-state index contributed by atoms with van der Waals surface area (Å²) in [6.07, 6.45) is 3.69. The Bertz CT molecular complexity index is 842. The minimum absolute atomic E-state index is 0.262. The molecule has 0 spiro atoms. The molecule has 0 fully saturated rings. The summed E-state index contributed by atoms with van der Waals surface area (Å²) in [5.74, 6) is -0.262. The fraction of sp³-hybridized carbons (Fsp3) is 0.0667. The minimum atomic E-state index is -0.262. The van der Waals surface area contributed by atoms with Crippen LogP contribution in [0.5, 0.6) is 0 Å². The molecule has 0 saturated carbocycles. The number of benzene rings is 1. The van der Waals surface area contributed by atoms with Gasteiger partial charge in [-0.2, -0.15) is 0 Å². The molecular weight excluding hydrogens is 309 g/mol. The minimum Gasteiger partial charge on any atom is -0.321 e. The number of rotatable bonds is 2. The lowest BCUT2D eigenvalue weighted by molar-refractivity contribution is 0.102. The first kappa shape index (κ1) is 13.9. The van der Waals surface area contributed by atoms with Gasteiger partial charge in [0.05, 0.1) is 16.4 Å². The molecule has 21 heavy (non-hydrogen) atoms. The Balaban J connectivity index is 1.91. The maximum atomic E-state index is 12.3. The van der Waals surface area contributed by atoms with E-state index in [4.69, 9.17) is 23.2 Å². The molecule has 4 nitrogen and oxygen atoms in total. The molecule has 1 amide bonds. The number of fused-ring (bicyclic) bond motifs is 1. The predicted octanol–water partition coefficient (Wildman–Crippen LogP) is 4.20. The smallest absolute Gasteiger partial charge is 0.255 e. The number of aryl methyl sites for hydroxylation is 1. The Morgan fingerprint density at radius 3 is 2.86 bits per heavy atom. The number of pyridine rings is 1. The lowest BCUT2D eigenvalue weighted by atomic mass is 10.2. The number of imidazole rings is 1. The summed E-state index contributed by atoms with van der Waals surface area (Å²) in [4.78, 5) is 16.6. The molecule has 0 atom stereocenters. The zero-order valence-corrected chi connectivity index (χ0v) is 12.6. The highest BCUT2D eigenvalue weighted by Crippen LogP contribution is 2.26. The van der Waals surface area contributed by atoms with Crippen molar-refractivity contribution in [1.82, 2.24) is 9.38 Å². The van der Waals surface area contributed by atoms with Crippen molar-refractivity contribution in [3.05, 3.63) is 64.0 Å². The van der Waals surface area contributed by atoms with E-state index in [0.29, 0.717) is 21.3 Å². The summed E-state index contributed by atoms with van der Waals surface area (Å²) in [6.45, 7) is 1.90. The molecule has 2 aromatic heterocycles. The molecule has 0 aliphatic heterocycles. The van der Waals surface area contributed by atoms with Gasteiger partial charge in [0.1, 0.15) is 5.65 Å². The number of halogens is 2. The fourth-order valence-electron chi connectivity index (χ4n) is 2.04. The van der Waals surface area contributed by atoms with Gasteiger partial charge in [0, 0.05) is 23.0 Å². The third kappa shape index (κ3) is 2.86. The maximum absolute atomic E-state index is 12.3. The Morgan fingerprint density at radius 2 is 2.05 bits per heavy atom. The first-order valence-electron chi connectivity index (χ1n) is 6.25. The number of nitrogens with zero attached hydrogens (tertiary/aromatic N) is 2. The van der Waals surface area contributed by atoms with Crippen LogP contribution in [0.15, 0.2) is 42.7 Å². The fourth-order valence-corrected chi connectivity index (χ4v) is 2.37. The van der Waals surface area contributed by atoms with Crippen LogP contribution in [0.1, 0.15) is 16.1 Å². The van der Waals surface area contributed by atoms with E-state index in [1.165, 1.54) is 0 Å². The molecule has 1 N–H and O–H groups in total. The van der Waals surface area contributed by atoms with Crippen LogP contribution in [0.4, 0.5) is 5.69 Å². The lowest BCUT2D eigenvalue weighted by Crippen LogP contribution is -2.12. The van der Waals surface area contributed by atoms with Crippen molar-refractivity contribution in [1.29, 1.82) is 0 Å². The summed E-state index contributed by atoms with van der Waals surface area (Å²) < 4.78 is 1.86. The standard InChI is InChI=1S/C15H11Cl2N3O/c1-9-8-20-5-4-10(6-14(20)18-9)15(21)19-13-7-11(16)2-3-12(13)17/h2-8H,1H3,(H,19,21). The molecule has 0 saturated heterocycles. The van der Waals surface area contributed by atoms with Crippen molar-refractivity contribution in [2.24, 2.45) is 0 Å². The summed E-state index contributed by atoms with van der Waals surface area (Å²) in [7, 11) is 0. The van der Waals surface area contributed by atoms with Gasteiger partial charge in [-0.1, -0.05) is 23.2 Å². The van der Waals surface area contributed by atoms with Crippen LogP contribution in [-0.4, -0.2) is 15.3 Å². The summed E-state index contributed by atoms with van der Waals surface area (Å²) in [5.41, 5.74) is 2.60. The molecule has 3 aromatic rings. The third-order valence-corrected chi connectivity index (χ3v) is 3.58. The number of nitrogens with one attached hydrogen (secondary N) is 1. The topological polar surface area (TPSA) is 46.4 Å². The van der Waals surface area contributed by atoms with Crippen molar-refractivity contribution >= 4 is 40.4 Å². The Hall–Kier alpha value is -2.04. The Kier molecular flexibility index (Phi) is 3.57. The third-order valence-electron chi connectivity index (χ3n) is 3.02. The van der Waals surface area contributed by atoms with E-state index < -0.39 is 0 Å². The zero-order valence-electron chi connectivity index (χ0n) is 11.1. The van der Waals surface area contributed by atoms with E-state index in [9.17, 15) is 4.79 Å². The van der Waals surface area contributed by atoms with E-state index in [0.717, 1.165) is 11.3 Å². The summed E-state index contributed by atoms with van der Waals surface area (Å²) in [5, 5.41) is 3.69. The molecule has 0 aliphatic rings. The normalized spacial score (nSPS) is 10.8. The zero-order chi connectivity index (χ0) is 15.0. The van der Waals surface area contributed by atoms with Gasteiger partial charge in [0.2, 0.25) is 0 Å². The summed E-state index contributed by atoms with van der Waals surface area (Å²) >= 11 is 11.9. The number of aromatic nitrogens is 2. The van der Waals surface area contributed by atoms with E-state index in [2.05, 4.69) is 10.3 Å². The number of hydrogen-bond donors (Lipinski definition) is 1. The van der Waals surface area contributed by atoms with Gasteiger partial charge in [-0.25, -0.2) is 4.98 Å². The highest BCUT2D eigenvalue weighted by atomic mass is 35.5. The van der Waals surface area contributed by atoms with E-state index in [-0.39, 0.29) is 5.91 Å². The van der Waals surface area contributed by atoms with Gasteiger partial charge < -0.3 is 9.72 Å². The first-order valence-corrected chi connectivity index (χ1v) is 7.00. The van der Waals surface area contributed by atoms with Crippen LogP contribution in [-0.2, 0) is 0 Å². The maximum Gasteiger partial charge on any atom is 0.255 e. The first-order chi connectivity index (χ1) is 10.0. The molecule has 6 heteroatoms. The monoisotopic (exact) mass is 319 g/mol. The molecule has 0 radical (unpaired) electrons. The highest BCUT2D eigenvalue weighted by molar-refractivity contribution is 6.35. The van der Waals surface area contributed by atoms with Crippen LogP contribution in [0.2, 0.25) is 10.0 Å². The van der Waals surface area contributed by atoms with Crippen molar-refractivity contribution in [3.8, 4) is 0 Å². The number of carbonyl (C=O) groups is 1. The molecule has 2 heterocycles. The molecule has 1 aromatic carbocycles. The SMILES string of the molecule is Cc1cn2ccc(C(=O)Nc3cc(Cl)ccc3Cl)cc2n1. The van der Waals surface area contributed by atoms with Gasteiger partial charge in [0.15, 0.2) is 0 Å². The average molecular weight is 320 g/mol. The van der Waals surface area contributed by atoms with Crippen molar-refractivity contribution < 1.29 is 4.79 Å². The molecule has 0 unspecified atom stereocenters. The van der Waals surface area contributed by atoms with Gasteiger partial charge in [-0.05, 0) is 37.3 Å². The molecule has 106 valence electrons. The lowest BCUT2D eigenvalue weighted by Gasteiger charge is -2.08. The second-order valence-electron chi connectivity index (χ2n) is 4.64. The van der Waals surface area contributed by atoms with Gasteiger partial charge in [0.25, 0.3) is 5.91 Å². The summed E-state index contributed by atoms with van der Waals surface area (Å²) in [6, 6.07) is 8.36. The number of carbonyl (C=O) groups excluding carboxylic acids is 1. The van der Waals surface area contributed by atoms with Gasteiger partial charge >= 0.3 is 0 Å². The average Bonchev–Trinajstić information content (AvgIpc) is 2.81. The van der Waals surface area contributed by atoms with E-state index >= 15 is 0 Å². The number of hydrogen-bond acceptors (Lipinski definition) is 2. The van der Waals surface area contributed by atoms with Crippen LogP contribution >= 0.6 is 23.2 Å². The quantitative estimate of drug-likeness (QED) is 0.769. The van der Waals surface area contributed by atoms with Crippen molar-refractivity contribution in [2.75, 3.05) is 5.32 Å². The van der Waals surface area contributed by atoms with Crippen LogP contribution in [0.3, 0.4) is 0 Å². The van der Waals surface area contributed by atoms with E-state index in [1.54, 1.807) is 36.5 Å².